The van der Waals surface area contributed by atoms with Gasteiger partial charge in [0.25, 0.3) is 0 Å². The maximum atomic E-state index is 11.4. The van der Waals surface area contributed by atoms with Crippen LogP contribution < -0.4 is 11.1 Å². The van der Waals surface area contributed by atoms with E-state index in [-0.39, 0.29) is 17.4 Å². The fraction of sp³-hybridized carbons (Fsp3) is 0.429. The first-order chi connectivity index (χ1) is 8.34. The first-order valence-corrected chi connectivity index (χ1v) is 5.86. The van der Waals surface area contributed by atoms with Crippen LogP contribution >= 0.6 is 0 Å². The largest absolute Gasteiger partial charge is 0.368 e. The van der Waals surface area contributed by atoms with Crippen LogP contribution in [0.4, 0.5) is 0 Å². The summed E-state index contributed by atoms with van der Waals surface area (Å²) in [5, 5.41) is 11.9. The van der Waals surface area contributed by atoms with Gasteiger partial charge in [-0.25, -0.2) is 0 Å². The smallest absolute Gasteiger partial charge is 0.235 e. The molecule has 4 nitrogen and oxygen atoms in total. The number of hydrogen-bond donors (Lipinski definition) is 2. The van der Waals surface area contributed by atoms with Crippen molar-refractivity contribution in [3.05, 3.63) is 35.4 Å². The number of nitriles is 1. The number of hydrogen-bond acceptors (Lipinski definition) is 3. The van der Waals surface area contributed by atoms with E-state index < -0.39 is 0 Å². The number of primary amides is 1. The molecule has 1 aromatic rings. The van der Waals surface area contributed by atoms with Crippen LogP contribution in [-0.4, -0.2) is 11.9 Å². The maximum absolute atomic E-state index is 11.4. The molecule has 96 valence electrons. The Labute approximate surface area is 108 Å². The molecule has 0 bridgehead atoms. The van der Waals surface area contributed by atoms with Crippen molar-refractivity contribution >= 4 is 5.91 Å². The zero-order valence-electron chi connectivity index (χ0n) is 11.0. The van der Waals surface area contributed by atoms with E-state index in [4.69, 9.17) is 11.0 Å². The zero-order valence-corrected chi connectivity index (χ0v) is 11.0. The summed E-state index contributed by atoms with van der Waals surface area (Å²) in [4.78, 5) is 11.4. The molecule has 0 radical (unpaired) electrons. The first-order valence-electron chi connectivity index (χ1n) is 5.86. The Kier molecular flexibility index (Phi) is 4.46. The number of nitrogens with two attached hydrogens (primary N) is 1. The maximum Gasteiger partial charge on any atom is 0.235 e. The van der Waals surface area contributed by atoms with Gasteiger partial charge >= 0.3 is 0 Å². The van der Waals surface area contributed by atoms with Crippen molar-refractivity contribution in [1.82, 2.24) is 5.32 Å². The van der Waals surface area contributed by atoms with Crippen LogP contribution in [0.1, 0.15) is 31.9 Å². The van der Waals surface area contributed by atoms with Gasteiger partial charge in [-0.1, -0.05) is 32.9 Å². The van der Waals surface area contributed by atoms with Crippen molar-refractivity contribution in [3.8, 4) is 6.07 Å². The molecule has 0 spiro atoms. The van der Waals surface area contributed by atoms with Crippen LogP contribution in [0.2, 0.25) is 0 Å². The Morgan fingerprint density at radius 2 is 1.94 bits per heavy atom. The molecule has 3 N–H and O–H groups in total. The lowest BCUT2D eigenvalue weighted by Crippen LogP contribution is -2.49. The van der Waals surface area contributed by atoms with Crippen LogP contribution in [0.15, 0.2) is 24.3 Å². The Morgan fingerprint density at radius 3 is 2.33 bits per heavy atom. The van der Waals surface area contributed by atoms with E-state index in [0.29, 0.717) is 12.1 Å². The van der Waals surface area contributed by atoms with Crippen molar-refractivity contribution in [1.29, 1.82) is 5.26 Å². The third kappa shape index (κ3) is 3.86. The highest BCUT2D eigenvalue weighted by atomic mass is 16.1. The quantitative estimate of drug-likeness (QED) is 0.844. The average molecular weight is 245 g/mol. The minimum absolute atomic E-state index is 0.224. The summed E-state index contributed by atoms with van der Waals surface area (Å²) < 4.78 is 0. The Balaban J connectivity index is 2.68. The Bertz CT molecular complexity index is 451. The van der Waals surface area contributed by atoms with E-state index >= 15 is 0 Å². The van der Waals surface area contributed by atoms with E-state index in [1.807, 2.05) is 32.9 Å². The van der Waals surface area contributed by atoms with Gasteiger partial charge in [-0.05, 0) is 23.1 Å². The normalized spacial score (nSPS) is 12.8. The highest BCUT2D eigenvalue weighted by Crippen LogP contribution is 2.19. The number of carbonyl (C=O) groups excluding carboxylic acids is 1. The molecular weight excluding hydrogens is 226 g/mol. The Morgan fingerprint density at radius 1 is 1.39 bits per heavy atom. The molecule has 1 atom stereocenters. The summed E-state index contributed by atoms with van der Waals surface area (Å²) in [6.45, 7) is 6.45. The van der Waals surface area contributed by atoms with Gasteiger partial charge in [0.05, 0.1) is 17.7 Å². The molecule has 0 aliphatic carbocycles. The molecule has 1 amide bonds. The standard InChI is InChI=1S/C14H19N3O/c1-14(2,3)12(13(16)18)17-9-11-6-4-10(8-15)5-7-11/h4-7,12,17H,9H2,1-3H3,(H2,16,18). The minimum atomic E-state index is -0.381. The van der Waals surface area contributed by atoms with Crippen molar-refractivity contribution in [2.24, 2.45) is 11.1 Å². The molecule has 4 heteroatoms. The van der Waals surface area contributed by atoms with Gasteiger partial charge in [-0.15, -0.1) is 0 Å². The fourth-order valence-corrected chi connectivity index (χ4v) is 1.75. The van der Waals surface area contributed by atoms with Crippen LogP contribution in [0.3, 0.4) is 0 Å². The summed E-state index contributed by atoms with van der Waals surface area (Å²) in [5.41, 5.74) is 6.81. The molecule has 0 saturated heterocycles. The number of nitrogens with one attached hydrogen (secondary N) is 1. The number of carbonyl (C=O) groups is 1. The fourth-order valence-electron chi connectivity index (χ4n) is 1.75. The summed E-state index contributed by atoms with van der Waals surface area (Å²) in [6, 6.07) is 8.93. The lowest BCUT2D eigenvalue weighted by atomic mass is 9.86. The van der Waals surface area contributed by atoms with Crippen LogP contribution in [-0.2, 0) is 11.3 Å². The molecule has 0 aliphatic heterocycles. The highest BCUT2D eigenvalue weighted by molar-refractivity contribution is 5.80. The predicted molar refractivity (Wildman–Crippen MR) is 70.4 cm³/mol. The molecule has 0 fully saturated rings. The molecule has 0 heterocycles. The summed E-state index contributed by atoms with van der Waals surface area (Å²) in [6.07, 6.45) is 0. The van der Waals surface area contributed by atoms with Crippen LogP contribution in [0, 0.1) is 16.7 Å². The SMILES string of the molecule is CC(C)(C)C(NCc1ccc(C#N)cc1)C(N)=O. The van der Waals surface area contributed by atoms with Gasteiger partial charge in [0.1, 0.15) is 0 Å². The second-order valence-corrected chi connectivity index (χ2v) is 5.39. The van der Waals surface area contributed by atoms with Gasteiger partial charge in [0.2, 0.25) is 5.91 Å². The molecule has 1 aromatic carbocycles. The topological polar surface area (TPSA) is 78.9 Å². The summed E-state index contributed by atoms with van der Waals surface area (Å²) >= 11 is 0. The van der Waals surface area contributed by atoms with Crippen molar-refractivity contribution < 1.29 is 4.79 Å². The van der Waals surface area contributed by atoms with E-state index in [2.05, 4.69) is 11.4 Å². The monoisotopic (exact) mass is 245 g/mol. The van der Waals surface area contributed by atoms with Gasteiger partial charge in [-0.2, -0.15) is 5.26 Å². The van der Waals surface area contributed by atoms with Gasteiger partial charge in [-0.3, -0.25) is 4.79 Å². The molecule has 0 aromatic heterocycles. The minimum Gasteiger partial charge on any atom is -0.368 e. The van der Waals surface area contributed by atoms with E-state index in [1.165, 1.54) is 0 Å². The lowest BCUT2D eigenvalue weighted by Gasteiger charge is -2.28. The van der Waals surface area contributed by atoms with Crippen molar-refractivity contribution in [2.75, 3.05) is 0 Å². The molecule has 1 unspecified atom stereocenters. The van der Waals surface area contributed by atoms with Crippen molar-refractivity contribution in [3.63, 3.8) is 0 Å². The number of amides is 1. The molecule has 18 heavy (non-hydrogen) atoms. The second kappa shape index (κ2) is 5.65. The van der Waals surface area contributed by atoms with Gasteiger partial charge < -0.3 is 11.1 Å². The number of rotatable bonds is 4. The third-order valence-corrected chi connectivity index (χ3v) is 2.74. The second-order valence-electron chi connectivity index (χ2n) is 5.39. The highest BCUT2D eigenvalue weighted by Gasteiger charge is 2.28. The Hall–Kier alpha value is -1.86. The van der Waals surface area contributed by atoms with E-state index in [9.17, 15) is 4.79 Å². The number of benzene rings is 1. The summed E-state index contributed by atoms with van der Waals surface area (Å²) in [7, 11) is 0. The van der Waals surface area contributed by atoms with Crippen LogP contribution in [0.25, 0.3) is 0 Å². The van der Waals surface area contributed by atoms with E-state index in [0.717, 1.165) is 5.56 Å². The van der Waals surface area contributed by atoms with Gasteiger partial charge in [0.15, 0.2) is 0 Å². The zero-order chi connectivity index (χ0) is 13.8. The average Bonchev–Trinajstić information content (AvgIpc) is 2.28. The lowest BCUT2D eigenvalue weighted by molar-refractivity contribution is -0.122. The third-order valence-electron chi connectivity index (χ3n) is 2.74. The first kappa shape index (κ1) is 14.2. The number of nitrogens with zero attached hydrogens (tertiary/aromatic N) is 1. The predicted octanol–water partition coefficient (Wildman–Crippen LogP) is 1.55. The molecular formula is C14H19N3O. The van der Waals surface area contributed by atoms with Crippen LogP contribution in [0.5, 0.6) is 0 Å². The van der Waals surface area contributed by atoms with Crippen molar-refractivity contribution in [2.45, 2.75) is 33.4 Å². The van der Waals surface area contributed by atoms with E-state index in [1.54, 1.807) is 12.1 Å². The molecule has 0 aliphatic rings. The summed E-state index contributed by atoms with van der Waals surface area (Å²) in [5.74, 6) is -0.351. The van der Waals surface area contributed by atoms with Gasteiger partial charge in [0, 0.05) is 6.54 Å². The molecule has 1 rings (SSSR count). The molecule has 0 saturated carbocycles.